The number of benzene rings is 2. The van der Waals surface area contributed by atoms with Crippen LogP contribution in [0.4, 0.5) is 15.9 Å². The molecular formula is C21H20FN5O4S. The van der Waals surface area contributed by atoms with Crippen molar-refractivity contribution < 1.29 is 17.7 Å². The van der Waals surface area contributed by atoms with Crippen molar-refractivity contribution in [1.29, 1.82) is 0 Å². The lowest BCUT2D eigenvalue weighted by molar-refractivity contribution is -0.385. The minimum Gasteiger partial charge on any atom is -0.354 e. The molecule has 0 N–H and O–H groups in total. The summed E-state index contributed by atoms with van der Waals surface area (Å²) in [5, 5.41) is 11.1. The number of non-ortho nitro benzene ring substituents is 1. The van der Waals surface area contributed by atoms with Crippen molar-refractivity contribution in [2.75, 3.05) is 31.1 Å². The van der Waals surface area contributed by atoms with Crippen LogP contribution in [0, 0.1) is 22.9 Å². The van der Waals surface area contributed by atoms with E-state index in [1.807, 2.05) is 4.90 Å². The van der Waals surface area contributed by atoms with Gasteiger partial charge in [-0.05, 0) is 36.8 Å². The quantitative estimate of drug-likeness (QED) is 0.428. The van der Waals surface area contributed by atoms with Gasteiger partial charge in [0.25, 0.3) is 5.69 Å². The number of aryl methyl sites for hydroxylation is 1. The first kappa shape index (κ1) is 21.8. The average molecular weight is 457 g/mol. The predicted molar refractivity (Wildman–Crippen MR) is 116 cm³/mol. The number of piperazine rings is 1. The summed E-state index contributed by atoms with van der Waals surface area (Å²) in [5.41, 5.74) is 1.58. The fourth-order valence-corrected chi connectivity index (χ4v) is 5.24. The molecule has 9 nitrogen and oxygen atoms in total. The van der Waals surface area contributed by atoms with Gasteiger partial charge in [-0.25, -0.2) is 22.8 Å². The van der Waals surface area contributed by atoms with Crippen LogP contribution in [0.1, 0.15) is 5.56 Å². The second-order valence-electron chi connectivity index (χ2n) is 7.37. The van der Waals surface area contributed by atoms with Crippen LogP contribution in [0.25, 0.3) is 11.3 Å². The van der Waals surface area contributed by atoms with Crippen LogP contribution in [-0.4, -0.2) is 53.8 Å². The van der Waals surface area contributed by atoms with Gasteiger partial charge in [0.15, 0.2) is 0 Å². The average Bonchev–Trinajstić information content (AvgIpc) is 2.80. The van der Waals surface area contributed by atoms with Gasteiger partial charge in [0, 0.05) is 49.9 Å². The van der Waals surface area contributed by atoms with Crippen molar-refractivity contribution in [1.82, 2.24) is 14.3 Å². The topological polar surface area (TPSA) is 110 Å². The first-order valence-corrected chi connectivity index (χ1v) is 11.3. The molecule has 0 saturated carbocycles. The molecule has 3 aromatic rings. The first-order valence-electron chi connectivity index (χ1n) is 9.84. The monoisotopic (exact) mass is 457 g/mol. The summed E-state index contributed by atoms with van der Waals surface area (Å²) in [6.07, 6.45) is 1.42. The van der Waals surface area contributed by atoms with Gasteiger partial charge in [0.1, 0.15) is 18.0 Å². The Labute approximate surface area is 184 Å². The van der Waals surface area contributed by atoms with Crippen LogP contribution < -0.4 is 4.90 Å². The van der Waals surface area contributed by atoms with Crippen molar-refractivity contribution >= 4 is 21.5 Å². The van der Waals surface area contributed by atoms with Crippen LogP contribution >= 0.6 is 0 Å². The van der Waals surface area contributed by atoms with Gasteiger partial charge in [-0.15, -0.1) is 0 Å². The van der Waals surface area contributed by atoms with Crippen LogP contribution in [0.5, 0.6) is 0 Å². The highest BCUT2D eigenvalue weighted by Gasteiger charge is 2.31. The van der Waals surface area contributed by atoms with Gasteiger partial charge in [0.2, 0.25) is 10.0 Å². The Hall–Kier alpha value is -3.44. The standard InChI is InChI=1S/C21H20FN5O4S/c1-15-2-7-18(27(28)29)12-20(15)32(30,31)26-10-8-25(9-11-26)21-13-19(23-14-24-21)16-3-5-17(22)6-4-16/h2-7,12-14H,8-11H2,1H3. The fourth-order valence-electron chi connectivity index (χ4n) is 3.58. The normalized spacial score (nSPS) is 15.0. The van der Waals surface area contributed by atoms with Crippen LogP contribution in [0.15, 0.2) is 59.8 Å². The number of hydrogen-bond acceptors (Lipinski definition) is 7. The van der Waals surface area contributed by atoms with Gasteiger partial charge in [-0.1, -0.05) is 6.07 Å². The largest absolute Gasteiger partial charge is 0.354 e. The van der Waals surface area contributed by atoms with Crippen LogP contribution in [0.3, 0.4) is 0 Å². The highest BCUT2D eigenvalue weighted by atomic mass is 32.2. The van der Waals surface area contributed by atoms with Crippen molar-refractivity contribution in [2.45, 2.75) is 11.8 Å². The summed E-state index contributed by atoms with van der Waals surface area (Å²) in [4.78, 5) is 20.9. The van der Waals surface area contributed by atoms with Gasteiger partial charge < -0.3 is 4.90 Å². The van der Waals surface area contributed by atoms with E-state index in [4.69, 9.17) is 0 Å². The molecule has 2 aromatic carbocycles. The molecule has 0 atom stereocenters. The molecule has 0 aliphatic carbocycles. The minimum absolute atomic E-state index is 0.0548. The molecule has 0 unspecified atom stereocenters. The maximum absolute atomic E-state index is 13.2. The van der Waals surface area contributed by atoms with E-state index in [0.29, 0.717) is 30.2 Å². The molecular weight excluding hydrogens is 437 g/mol. The number of rotatable bonds is 5. The summed E-state index contributed by atoms with van der Waals surface area (Å²) < 4.78 is 40.8. The van der Waals surface area contributed by atoms with Gasteiger partial charge in [-0.3, -0.25) is 10.1 Å². The molecule has 1 aliphatic heterocycles. The maximum Gasteiger partial charge on any atom is 0.270 e. The number of anilines is 1. The van der Waals surface area contributed by atoms with Crippen molar-refractivity contribution in [3.8, 4) is 11.3 Å². The molecule has 0 spiro atoms. The Balaban J connectivity index is 1.51. The zero-order valence-corrected chi connectivity index (χ0v) is 18.0. The molecule has 0 radical (unpaired) electrons. The number of sulfonamides is 1. The predicted octanol–water partition coefficient (Wildman–Crippen LogP) is 3.01. The molecule has 166 valence electrons. The lowest BCUT2D eigenvalue weighted by atomic mass is 10.1. The van der Waals surface area contributed by atoms with Gasteiger partial charge in [-0.2, -0.15) is 4.31 Å². The number of nitrogens with zero attached hydrogens (tertiary/aromatic N) is 5. The molecule has 1 aromatic heterocycles. The molecule has 0 bridgehead atoms. The third kappa shape index (κ3) is 4.30. The summed E-state index contributed by atoms with van der Waals surface area (Å²) in [5.74, 6) is 0.308. The third-order valence-electron chi connectivity index (χ3n) is 5.36. The number of halogens is 1. The van der Waals surface area contributed by atoms with Crippen molar-refractivity contribution in [3.05, 3.63) is 76.4 Å². The molecule has 1 saturated heterocycles. The highest BCUT2D eigenvalue weighted by Crippen LogP contribution is 2.27. The van der Waals surface area contributed by atoms with E-state index in [1.54, 1.807) is 25.1 Å². The number of nitro groups is 1. The van der Waals surface area contributed by atoms with Gasteiger partial charge >= 0.3 is 0 Å². The maximum atomic E-state index is 13.2. The summed E-state index contributed by atoms with van der Waals surface area (Å²) >= 11 is 0. The molecule has 11 heteroatoms. The zero-order valence-electron chi connectivity index (χ0n) is 17.2. The van der Waals surface area contributed by atoms with Crippen molar-refractivity contribution in [2.24, 2.45) is 0 Å². The smallest absolute Gasteiger partial charge is 0.270 e. The number of aromatic nitrogens is 2. The van der Waals surface area contributed by atoms with Crippen LogP contribution in [0.2, 0.25) is 0 Å². The Morgan fingerprint density at radius 1 is 1.00 bits per heavy atom. The molecule has 2 heterocycles. The van der Waals surface area contributed by atoms with E-state index >= 15 is 0 Å². The number of nitro benzene ring substituents is 1. The SMILES string of the molecule is Cc1ccc([N+](=O)[O-])cc1S(=O)(=O)N1CCN(c2cc(-c3ccc(F)cc3)ncn2)CC1. The van der Waals surface area contributed by atoms with E-state index in [-0.39, 0.29) is 29.5 Å². The van der Waals surface area contributed by atoms with Gasteiger partial charge in [0.05, 0.1) is 15.5 Å². The summed E-state index contributed by atoms with van der Waals surface area (Å²) in [6.45, 7) is 2.82. The zero-order chi connectivity index (χ0) is 22.9. The molecule has 1 fully saturated rings. The third-order valence-corrected chi connectivity index (χ3v) is 7.40. The molecule has 4 rings (SSSR count). The van der Waals surface area contributed by atoms with E-state index in [1.165, 1.54) is 34.9 Å². The molecule has 1 aliphatic rings. The lowest BCUT2D eigenvalue weighted by Crippen LogP contribution is -2.49. The van der Waals surface area contributed by atoms with Crippen LogP contribution in [-0.2, 0) is 10.0 Å². The van der Waals surface area contributed by atoms with E-state index in [2.05, 4.69) is 9.97 Å². The van der Waals surface area contributed by atoms with E-state index in [9.17, 15) is 22.9 Å². The molecule has 32 heavy (non-hydrogen) atoms. The Bertz CT molecular complexity index is 1260. The second kappa shape index (κ2) is 8.60. The second-order valence-corrected chi connectivity index (χ2v) is 9.27. The minimum atomic E-state index is -3.88. The Kier molecular flexibility index (Phi) is 5.85. The number of hydrogen-bond donors (Lipinski definition) is 0. The fraction of sp³-hybridized carbons (Fsp3) is 0.238. The molecule has 0 amide bonds. The van der Waals surface area contributed by atoms with Crippen molar-refractivity contribution in [3.63, 3.8) is 0 Å². The lowest BCUT2D eigenvalue weighted by Gasteiger charge is -2.34. The Morgan fingerprint density at radius 2 is 1.69 bits per heavy atom. The highest BCUT2D eigenvalue weighted by molar-refractivity contribution is 7.89. The first-order chi connectivity index (χ1) is 15.3. The summed E-state index contributed by atoms with van der Waals surface area (Å²) in [6, 6.07) is 11.6. The van der Waals surface area contributed by atoms with E-state index < -0.39 is 14.9 Å². The van der Waals surface area contributed by atoms with E-state index in [0.717, 1.165) is 11.6 Å². The Morgan fingerprint density at radius 3 is 2.34 bits per heavy atom. The summed E-state index contributed by atoms with van der Waals surface area (Å²) in [7, 11) is -3.88.